The van der Waals surface area contributed by atoms with Crippen LogP contribution in [-0.2, 0) is 9.53 Å². The van der Waals surface area contributed by atoms with Gasteiger partial charge in [-0.25, -0.2) is 4.79 Å². The normalized spacial score (nSPS) is 15.2. The van der Waals surface area contributed by atoms with Gasteiger partial charge in [0.05, 0.1) is 6.04 Å². The molecule has 0 aromatic carbocycles. The van der Waals surface area contributed by atoms with E-state index in [2.05, 4.69) is 18.2 Å². The Hall–Kier alpha value is -0.870. The van der Waals surface area contributed by atoms with E-state index in [-0.39, 0.29) is 6.61 Å². The molecule has 0 aliphatic carbocycles. The molecule has 11 heavy (non-hydrogen) atoms. The van der Waals surface area contributed by atoms with Crippen LogP contribution in [0.15, 0.2) is 12.7 Å². The molecule has 63 valence electrons. The van der Waals surface area contributed by atoms with Crippen LogP contribution in [0.25, 0.3) is 0 Å². The van der Waals surface area contributed by atoms with Gasteiger partial charge in [0.2, 0.25) is 0 Å². The first-order chi connectivity index (χ1) is 5.07. The summed E-state index contributed by atoms with van der Waals surface area (Å²) in [7, 11) is 0. The van der Waals surface area contributed by atoms with Gasteiger partial charge in [0.1, 0.15) is 6.61 Å². The number of esters is 1. The Balaban J connectivity index is 3.53. The summed E-state index contributed by atoms with van der Waals surface area (Å²) in [5, 5.41) is 0. The molecule has 0 fully saturated rings. The Kier molecular flexibility index (Phi) is 4.49. The van der Waals surface area contributed by atoms with Crippen LogP contribution < -0.4 is 11.5 Å². The Bertz CT molecular complexity index is 145. The molecule has 0 aliphatic rings. The molecule has 0 rings (SSSR count). The van der Waals surface area contributed by atoms with Gasteiger partial charge in [-0.15, -0.1) is 0 Å². The lowest BCUT2D eigenvalue weighted by Crippen LogP contribution is -2.43. The molecule has 0 aromatic rings. The third kappa shape index (κ3) is 4.52. The molecule has 4 heteroatoms. The maximum atomic E-state index is 10.5. The van der Waals surface area contributed by atoms with Crippen LogP contribution in [-0.4, -0.2) is 24.7 Å². The summed E-state index contributed by atoms with van der Waals surface area (Å²) in [4.78, 5) is 10.5. The SMILES string of the molecule is [CH2]C(N)C(N)COC(=O)C=C. The molecular formula is C7H13N2O2. The van der Waals surface area contributed by atoms with Crippen LogP contribution in [0, 0.1) is 6.92 Å². The highest BCUT2D eigenvalue weighted by Crippen LogP contribution is 1.87. The molecule has 0 saturated carbocycles. The molecule has 0 spiro atoms. The number of carbonyl (C=O) groups is 1. The van der Waals surface area contributed by atoms with Gasteiger partial charge in [0, 0.05) is 12.1 Å². The van der Waals surface area contributed by atoms with Gasteiger partial charge in [-0.2, -0.15) is 0 Å². The number of carbonyl (C=O) groups excluding carboxylic acids is 1. The van der Waals surface area contributed by atoms with Crippen LogP contribution in [0.5, 0.6) is 0 Å². The smallest absolute Gasteiger partial charge is 0.330 e. The average Bonchev–Trinajstić information content (AvgIpc) is 1.99. The summed E-state index contributed by atoms with van der Waals surface area (Å²) < 4.78 is 4.61. The maximum absolute atomic E-state index is 10.5. The van der Waals surface area contributed by atoms with Crippen molar-refractivity contribution in [3.63, 3.8) is 0 Å². The first kappa shape index (κ1) is 10.1. The largest absolute Gasteiger partial charge is 0.461 e. The number of rotatable bonds is 4. The number of hydrogen-bond acceptors (Lipinski definition) is 4. The van der Waals surface area contributed by atoms with E-state index in [1.54, 1.807) is 0 Å². The average molecular weight is 157 g/mol. The fraction of sp³-hybridized carbons (Fsp3) is 0.429. The topological polar surface area (TPSA) is 78.3 Å². The number of nitrogens with two attached hydrogens (primary N) is 2. The molecule has 1 radical (unpaired) electrons. The zero-order valence-corrected chi connectivity index (χ0v) is 6.32. The highest BCUT2D eigenvalue weighted by atomic mass is 16.5. The summed E-state index contributed by atoms with van der Waals surface area (Å²) in [6.45, 7) is 6.78. The van der Waals surface area contributed by atoms with E-state index >= 15 is 0 Å². The van der Waals surface area contributed by atoms with Gasteiger partial charge in [0.15, 0.2) is 0 Å². The van der Waals surface area contributed by atoms with Crippen molar-refractivity contribution in [1.29, 1.82) is 0 Å². The first-order valence-electron chi connectivity index (χ1n) is 3.21. The van der Waals surface area contributed by atoms with Crippen molar-refractivity contribution >= 4 is 5.97 Å². The monoisotopic (exact) mass is 157 g/mol. The van der Waals surface area contributed by atoms with Crippen LogP contribution in [0.1, 0.15) is 0 Å². The summed E-state index contributed by atoms with van der Waals surface area (Å²) in [6, 6.07) is -0.841. The minimum absolute atomic E-state index is 0.0789. The molecule has 4 nitrogen and oxygen atoms in total. The van der Waals surface area contributed by atoms with Crippen LogP contribution in [0.2, 0.25) is 0 Å². The summed E-state index contributed by atoms with van der Waals surface area (Å²) in [5.74, 6) is -0.499. The lowest BCUT2D eigenvalue weighted by Gasteiger charge is -2.14. The van der Waals surface area contributed by atoms with Crippen molar-refractivity contribution in [3.8, 4) is 0 Å². The predicted molar refractivity (Wildman–Crippen MR) is 42.5 cm³/mol. The van der Waals surface area contributed by atoms with E-state index in [1.807, 2.05) is 0 Å². The van der Waals surface area contributed by atoms with E-state index < -0.39 is 18.1 Å². The van der Waals surface area contributed by atoms with Crippen molar-refractivity contribution in [3.05, 3.63) is 19.6 Å². The lowest BCUT2D eigenvalue weighted by atomic mass is 10.2. The molecule has 2 unspecified atom stereocenters. The van der Waals surface area contributed by atoms with Gasteiger partial charge in [-0.05, 0) is 6.92 Å². The van der Waals surface area contributed by atoms with E-state index in [4.69, 9.17) is 11.5 Å². The molecule has 0 aliphatic heterocycles. The highest BCUT2D eigenvalue weighted by molar-refractivity contribution is 5.81. The zero-order chi connectivity index (χ0) is 8.85. The Labute approximate surface area is 66.2 Å². The second kappa shape index (κ2) is 4.87. The predicted octanol–water partition coefficient (Wildman–Crippen LogP) is -0.796. The second-order valence-electron chi connectivity index (χ2n) is 2.16. The molecule has 2 atom stereocenters. The van der Waals surface area contributed by atoms with Crippen molar-refractivity contribution in [1.82, 2.24) is 0 Å². The van der Waals surface area contributed by atoms with Crippen molar-refractivity contribution < 1.29 is 9.53 Å². The van der Waals surface area contributed by atoms with Crippen LogP contribution in [0.4, 0.5) is 0 Å². The quantitative estimate of drug-likeness (QED) is 0.414. The van der Waals surface area contributed by atoms with Gasteiger partial charge in [-0.3, -0.25) is 0 Å². The third-order valence-electron chi connectivity index (χ3n) is 1.13. The number of ether oxygens (including phenoxy) is 1. The molecule has 0 heterocycles. The molecule has 0 bridgehead atoms. The van der Waals surface area contributed by atoms with E-state index in [1.165, 1.54) is 0 Å². The Morgan fingerprint density at radius 2 is 2.18 bits per heavy atom. The third-order valence-corrected chi connectivity index (χ3v) is 1.13. The summed E-state index contributed by atoms with van der Waals surface area (Å²) in [5.41, 5.74) is 10.7. The van der Waals surface area contributed by atoms with E-state index in [0.717, 1.165) is 6.08 Å². The van der Waals surface area contributed by atoms with Gasteiger partial charge in [0.25, 0.3) is 0 Å². The van der Waals surface area contributed by atoms with E-state index in [0.29, 0.717) is 0 Å². The van der Waals surface area contributed by atoms with Crippen LogP contribution >= 0.6 is 0 Å². The summed E-state index contributed by atoms with van der Waals surface area (Å²) >= 11 is 0. The van der Waals surface area contributed by atoms with E-state index in [9.17, 15) is 4.79 Å². The fourth-order valence-electron chi connectivity index (χ4n) is 0.361. The molecule has 0 amide bonds. The molecule has 4 N–H and O–H groups in total. The standard InChI is InChI=1S/C7H13N2O2/c1-3-7(10)11-4-6(9)5(2)8/h3,5-6H,1-2,4,8-9H2. The number of hydrogen-bond donors (Lipinski definition) is 2. The van der Waals surface area contributed by atoms with Crippen LogP contribution in [0.3, 0.4) is 0 Å². The van der Waals surface area contributed by atoms with Crippen molar-refractivity contribution in [2.24, 2.45) is 11.5 Å². The van der Waals surface area contributed by atoms with Crippen molar-refractivity contribution in [2.75, 3.05) is 6.61 Å². The molecule has 0 aromatic heterocycles. The van der Waals surface area contributed by atoms with Crippen molar-refractivity contribution in [2.45, 2.75) is 12.1 Å². The Morgan fingerprint density at radius 1 is 1.64 bits per heavy atom. The fourth-order valence-corrected chi connectivity index (χ4v) is 0.361. The molecular weight excluding hydrogens is 144 g/mol. The van der Waals surface area contributed by atoms with Gasteiger partial charge >= 0.3 is 5.97 Å². The first-order valence-corrected chi connectivity index (χ1v) is 3.21. The van der Waals surface area contributed by atoms with Gasteiger partial charge in [-0.1, -0.05) is 6.58 Å². The maximum Gasteiger partial charge on any atom is 0.330 e. The summed E-state index contributed by atoms with van der Waals surface area (Å²) in [6.07, 6.45) is 1.07. The Morgan fingerprint density at radius 3 is 2.55 bits per heavy atom. The lowest BCUT2D eigenvalue weighted by molar-refractivity contribution is -0.138. The van der Waals surface area contributed by atoms with Gasteiger partial charge < -0.3 is 16.2 Å². The minimum Gasteiger partial charge on any atom is -0.461 e. The zero-order valence-electron chi connectivity index (χ0n) is 6.32. The second-order valence-corrected chi connectivity index (χ2v) is 2.16. The highest BCUT2D eigenvalue weighted by Gasteiger charge is 2.09. The molecule has 0 saturated heterocycles. The minimum atomic E-state index is -0.499.